The summed E-state index contributed by atoms with van der Waals surface area (Å²) in [7, 11) is 0. The number of guanidine groups is 1. The minimum Gasteiger partial charge on any atom is -0.477 e. The average molecular weight is 417 g/mol. The minimum absolute atomic E-state index is 0.274. The zero-order valence-corrected chi connectivity index (χ0v) is 17.8. The summed E-state index contributed by atoms with van der Waals surface area (Å²) in [5.74, 6) is 2.29. The first-order chi connectivity index (χ1) is 14.2. The van der Waals surface area contributed by atoms with Crippen molar-refractivity contribution in [3.05, 3.63) is 47.2 Å². The maximum Gasteiger partial charge on any atom is 0.218 e. The number of ether oxygens (including phenoxy) is 1. The summed E-state index contributed by atoms with van der Waals surface area (Å²) in [6.45, 7) is 7.83. The highest BCUT2D eigenvalue weighted by atomic mass is 35.5. The fraction of sp³-hybridized carbons (Fsp3) is 0.476. The minimum atomic E-state index is 0.274. The second kappa shape index (κ2) is 10.9. The Morgan fingerprint density at radius 2 is 2.10 bits per heavy atom. The van der Waals surface area contributed by atoms with Gasteiger partial charge in [-0.05, 0) is 38.0 Å². The summed E-state index contributed by atoms with van der Waals surface area (Å²) in [6.07, 6.45) is 5.47. The van der Waals surface area contributed by atoms with Crippen molar-refractivity contribution in [2.45, 2.75) is 39.3 Å². The first-order valence-electron chi connectivity index (χ1n) is 10.2. The van der Waals surface area contributed by atoms with Gasteiger partial charge in [0.15, 0.2) is 5.96 Å². The van der Waals surface area contributed by atoms with Crippen molar-refractivity contribution in [1.82, 2.24) is 20.6 Å². The molecule has 2 N–H and O–H groups in total. The van der Waals surface area contributed by atoms with Gasteiger partial charge in [-0.3, -0.25) is 0 Å². The van der Waals surface area contributed by atoms with Crippen LogP contribution >= 0.6 is 11.6 Å². The molecule has 0 radical (unpaired) electrons. The second-order valence-corrected chi connectivity index (χ2v) is 7.30. The quantitative estimate of drug-likeness (QED) is 0.508. The lowest BCUT2D eigenvalue weighted by atomic mass is 10.2. The van der Waals surface area contributed by atoms with Gasteiger partial charge in [0, 0.05) is 43.6 Å². The van der Waals surface area contributed by atoms with E-state index >= 15 is 0 Å². The molecule has 1 unspecified atom stereocenters. The van der Waals surface area contributed by atoms with Gasteiger partial charge in [-0.1, -0.05) is 24.6 Å². The molecule has 2 aromatic rings. The average Bonchev–Trinajstić information content (AvgIpc) is 3.20. The summed E-state index contributed by atoms with van der Waals surface area (Å²) >= 11 is 6.30. The second-order valence-electron chi connectivity index (χ2n) is 6.90. The number of rotatable bonds is 8. The van der Waals surface area contributed by atoms with Crippen molar-refractivity contribution >= 4 is 23.4 Å². The van der Waals surface area contributed by atoms with Crippen LogP contribution in [0.2, 0.25) is 5.02 Å². The van der Waals surface area contributed by atoms with Crippen LogP contribution in [0.1, 0.15) is 32.3 Å². The number of anilines is 1. The van der Waals surface area contributed by atoms with Crippen LogP contribution in [0, 0.1) is 0 Å². The lowest BCUT2D eigenvalue weighted by Crippen LogP contribution is -2.44. The molecule has 29 heavy (non-hydrogen) atoms. The number of nitrogens with one attached hydrogen (secondary N) is 2. The molecule has 0 aliphatic carbocycles. The van der Waals surface area contributed by atoms with E-state index in [0.29, 0.717) is 24.1 Å². The summed E-state index contributed by atoms with van der Waals surface area (Å²) in [5, 5.41) is 7.55. The van der Waals surface area contributed by atoms with Crippen molar-refractivity contribution in [1.29, 1.82) is 0 Å². The van der Waals surface area contributed by atoms with Crippen LogP contribution in [-0.2, 0) is 6.54 Å². The van der Waals surface area contributed by atoms with E-state index in [9.17, 15) is 0 Å². The summed E-state index contributed by atoms with van der Waals surface area (Å²) in [4.78, 5) is 15.7. The van der Waals surface area contributed by atoms with Crippen LogP contribution in [0.4, 0.5) is 5.82 Å². The zero-order valence-electron chi connectivity index (χ0n) is 17.1. The summed E-state index contributed by atoms with van der Waals surface area (Å²) in [5.41, 5.74) is 0.978. The Balaban J connectivity index is 1.63. The maximum atomic E-state index is 6.30. The van der Waals surface area contributed by atoms with Crippen molar-refractivity contribution in [3.63, 3.8) is 0 Å². The van der Waals surface area contributed by atoms with E-state index in [4.69, 9.17) is 21.3 Å². The zero-order chi connectivity index (χ0) is 20.5. The molecule has 0 amide bonds. The van der Waals surface area contributed by atoms with E-state index in [0.717, 1.165) is 49.8 Å². The Morgan fingerprint density at radius 1 is 1.28 bits per heavy atom. The molecule has 156 valence electrons. The number of hydrogen-bond acceptors (Lipinski definition) is 5. The molecule has 1 saturated heterocycles. The number of hydrogen-bond donors (Lipinski definition) is 2. The third-order valence-corrected chi connectivity index (χ3v) is 4.91. The molecule has 1 aliphatic heterocycles. The molecule has 1 aliphatic rings. The van der Waals surface area contributed by atoms with Crippen LogP contribution in [0.3, 0.4) is 0 Å². The van der Waals surface area contributed by atoms with Gasteiger partial charge < -0.3 is 20.3 Å². The Bertz CT molecular complexity index is 815. The van der Waals surface area contributed by atoms with Gasteiger partial charge in [0.2, 0.25) is 5.88 Å². The number of nitrogens with zero attached hydrogens (tertiary/aromatic N) is 4. The molecular weight excluding hydrogens is 388 g/mol. The van der Waals surface area contributed by atoms with Gasteiger partial charge in [-0.2, -0.15) is 0 Å². The van der Waals surface area contributed by atoms with E-state index in [1.165, 1.54) is 0 Å². The van der Waals surface area contributed by atoms with Crippen LogP contribution in [0.5, 0.6) is 5.88 Å². The Labute approximate surface area is 177 Å². The largest absolute Gasteiger partial charge is 0.477 e. The van der Waals surface area contributed by atoms with Gasteiger partial charge in [0.1, 0.15) is 5.82 Å². The monoisotopic (exact) mass is 416 g/mol. The first-order valence-corrected chi connectivity index (χ1v) is 10.6. The fourth-order valence-corrected chi connectivity index (χ4v) is 3.47. The van der Waals surface area contributed by atoms with E-state index in [2.05, 4.69) is 39.3 Å². The van der Waals surface area contributed by atoms with Gasteiger partial charge in [0.05, 0.1) is 18.2 Å². The predicted molar refractivity (Wildman–Crippen MR) is 118 cm³/mol. The molecule has 1 fully saturated rings. The van der Waals surface area contributed by atoms with E-state index in [-0.39, 0.29) is 6.04 Å². The molecule has 3 rings (SSSR count). The number of pyridine rings is 2. The molecular formula is C21H29ClN6O. The Hall–Kier alpha value is -2.54. The molecule has 0 bridgehead atoms. The lowest BCUT2D eigenvalue weighted by Gasteiger charge is -2.20. The van der Waals surface area contributed by atoms with Crippen LogP contribution in [0.15, 0.2) is 41.7 Å². The summed E-state index contributed by atoms with van der Waals surface area (Å²) < 4.78 is 5.74. The standard InChI is InChI=1S/C21H29ClN6O/c1-3-13-29-20-16(7-5-11-25-20)14-26-21(23-4-2)27-17-9-12-28(15-17)19-18(22)8-6-10-24-19/h5-8,10-11,17H,3-4,9,12-15H2,1-2H3,(H2,23,26,27). The molecule has 8 heteroatoms. The molecule has 0 spiro atoms. The van der Waals surface area contributed by atoms with Crippen molar-refractivity contribution < 1.29 is 4.74 Å². The lowest BCUT2D eigenvalue weighted by molar-refractivity contribution is 0.302. The van der Waals surface area contributed by atoms with Crippen LogP contribution in [0.25, 0.3) is 0 Å². The molecule has 0 saturated carbocycles. The van der Waals surface area contributed by atoms with Gasteiger partial charge in [-0.25, -0.2) is 15.0 Å². The van der Waals surface area contributed by atoms with E-state index in [1.54, 1.807) is 12.4 Å². The smallest absolute Gasteiger partial charge is 0.218 e. The number of halogens is 1. The van der Waals surface area contributed by atoms with Crippen LogP contribution < -0.4 is 20.3 Å². The first kappa shape index (κ1) is 21.2. The topological polar surface area (TPSA) is 74.7 Å². The molecule has 1 atom stereocenters. The van der Waals surface area contributed by atoms with E-state index in [1.807, 2.05) is 24.3 Å². The maximum absolute atomic E-state index is 6.30. The van der Waals surface area contributed by atoms with Crippen LogP contribution in [-0.4, -0.2) is 48.2 Å². The van der Waals surface area contributed by atoms with Gasteiger partial charge >= 0.3 is 0 Å². The van der Waals surface area contributed by atoms with E-state index < -0.39 is 0 Å². The third kappa shape index (κ3) is 5.97. The highest BCUT2D eigenvalue weighted by Gasteiger charge is 2.25. The molecule has 2 aromatic heterocycles. The van der Waals surface area contributed by atoms with Gasteiger partial charge in [-0.15, -0.1) is 0 Å². The SMILES string of the molecule is CCCOc1ncccc1CN=C(NCC)NC1CCN(c2ncccc2Cl)C1. The predicted octanol–water partition coefficient (Wildman–Crippen LogP) is 3.25. The van der Waals surface area contributed by atoms with Gasteiger partial charge in [0.25, 0.3) is 0 Å². The Morgan fingerprint density at radius 3 is 2.90 bits per heavy atom. The molecule has 0 aromatic carbocycles. The summed E-state index contributed by atoms with van der Waals surface area (Å²) in [6, 6.07) is 7.92. The normalized spacial score (nSPS) is 16.7. The van der Waals surface area contributed by atoms with Crippen molar-refractivity contribution in [2.75, 3.05) is 31.1 Å². The Kier molecular flexibility index (Phi) is 7.93. The number of aromatic nitrogens is 2. The highest BCUT2D eigenvalue weighted by Crippen LogP contribution is 2.25. The van der Waals surface area contributed by atoms with Crippen molar-refractivity contribution in [3.8, 4) is 5.88 Å². The highest BCUT2D eigenvalue weighted by molar-refractivity contribution is 6.32. The molecule has 3 heterocycles. The van der Waals surface area contributed by atoms with Crippen molar-refractivity contribution in [2.24, 2.45) is 4.99 Å². The number of aliphatic imine (C=N–C) groups is 1. The third-order valence-electron chi connectivity index (χ3n) is 4.61. The molecule has 7 nitrogen and oxygen atoms in total. The fourth-order valence-electron chi connectivity index (χ4n) is 3.23.